The molecule has 0 radical (unpaired) electrons. The molecule has 1 aliphatic rings. The van der Waals surface area contributed by atoms with Crippen LogP contribution < -0.4 is 10.6 Å². The van der Waals surface area contributed by atoms with Crippen molar-refractivity contribution in [2.75, 3.05) is 6.54 Å². The highest BCUT2D eigenvalue weighted by Crippen LogP contribution is 2.33. The fourth-order valence-electron chi connectivity index (χ4n) is 2.45. The normalized spacial score (nSPS) is 25.9. The summed E-state index contributed by atoms with van der Waals surface area (Å²) in [5, 5.41) is 14.6. The van der Waals surface area contributed by atoms with E-state index in [1.54, 1.807) is 6.92 Å². The van der Waals surface area contributed by atoms with Gasteiger partial charge in [-0.3, -0.25) is 0 Å². The SMILES string of the molecule is CC#CCNC(=O)NC1(C(=O)O)CCC(CC)CC1. The highest BCUT2D eigenvalue weighted by Gasteiger charge is 2.42. The summed E-state index contributed by atoms with van der Waals surface area (Å²) in [6.07, 6.45) is 3.74. The number of rotatable bonds is 4. The predicted octanol–water partition coefficient (Wildman–Crippen LogP) is 1.73. The van der Waals surface area contributed by atoms with E-state index in [0.717, 1.165) is 19.3 Å². The van der Waals surface area contributed by atoms with Gasteiger partial charge in [0.1, 0.15) is 5.54 Å². The van der Waals surface area contributed by atoms with Gasteiger partial charge in [0.15, 0.2) is 0 Å². The van der Waals surface area contributed by atoms with E-state index >= 15 is 0 Å². The zero-order valence-electron chi connectivity index (χ0n) is 11.6. The van der Waals surface area contributed by atoms with Crippen LogP contribution in [-0.2, 0) is 4.79 Å². The zero-order chi connectivity index (χ0) is 14.3. The number of carbonyl (C=O) groups excluding carboxylic acids is 1. The smallest absolute Gasteiger partial charge is 0.329 e. The van der Waals surface area contributed by atoms with Crippen LogP contribution in [0.4, 0.5) is 4.79 Å². The molecule has 0 aromatic rings. The van der Waals surface area contributed by atoms with Gasteiger partial charge in [-0.15, -0.1) is 5.92 Å². The largest absolute Gasteiger partial charge is 0.480 e. The molecule has 0 spiro atoms. The third-order valence-corrected chi connectivity index (χ3v) is 3.81. The Kier molecular flexibility index (Phi) is 5.68. The summed E-state index contributed by atoms with van der Waals surface area (Å²) in [5.41, 5.74) is -1.12. The quantitative estimate of drug-likeness (QED) is 0.678. The number of hydrogen-bond acceptors (Lipinski definition) is 2. The average molecular weight is 266 g/mol. The molecule has 1 rings (SSSR count). The number of carbonyl (C=O) groups is 2. The molecule has 5 nitrogen and oxygen atoms in total. The number of urea groups is 1. The Hall–Kier alpha value is -1.70. The van der Waals surface area contributed by atoms with Crippen molar-refractivity contribution in [1.82, 2.24) is 10.6 Å². The van der Waals surface area contributed by atoms with Crippen LogP contribution in [0.1, 0.15) is 46.0 Å². The van der Waals surface area contributed by atoms with Crippen molar-refractivity contribution in [3.63, 3.8) is 0 Å². The number of nitrogens with one attached hydrogen (secondary N) is 2. The second-order valence-corrected chi connectivity index (χ2v) is 4.97. The molecule has 19 heavy (non-hydrogen) atoms. The van der Waals surface area contributed by atoms with Crippen molar-refractivity contribution in [1.29, 1.82) is 0 Å². The lowest BCUT2D eigenvalue weighted by Crippen LogP contribution is -2.58. The highest BCUT2D eigenvalue weighted by atomic mass is 16.4. The molecule has 0 unspecified atom stereocenters. The lowest BCUT2D eigenvalue weighted by molar-refractivity contribution is -0.146. The lowest BCUT2D eigenvalue weighted by Gasteiger charge is -2.37. The maximum atomic E-state index is 11.7. The highest BCUT2D eigenvalue weighted by molar-refractivity contribution is 5.86. The summed E-state index contributed by atoms with van der Waals surface area (Å²) in [7, 11) is 0. The van der Waals surface area contributed by atoms with Crippen LogP contribution in [0.3, 0.4) is 0 Å². The fraction of sp³-hybridized carbons (Fsp3) is 0.714. The first kappa shape index (κ1) is 15.4. The van der Waals surface area contributed by atoms with E-state index < -0.39 is 17.5 Å². The Labute approximate surface area is 114 Å². The molecule has 2 amide bonds. The Morgan fingerprint density at radius 2 is 2.00 bits per heavy atom. The molecular formula is C14H22N2O3. The molecule has 5 heteroatoms. The molecule has 1 aliphatic carbocycles. The molecule has 106 valence electrons. The fourth-order valence-corrected chi connectivity index (χ4v) is 2.45. The lowest BCUT2D eigenvalue weighted by atomic mass is 9.75. The van der Waals surface area contributed by atoms with Gasteiger partial charge < -0.3 is 15.7 Å². The van der Waals surface area contributed by atoms with Crippen LogP contribution in [0.15, 0.2) is 0 Å². The topological polar surface area (TPSA) is 78.4 Å². The third-order valence-electron chi connectivity index (χ3n) is 3.81. The van der Waals surface area contributed by atoms with Crippen molar-refractivity contribution in [3.05, 3.63) is 0 Å². The van der Waals surface area contributed by atoms with Crippen LogP contribution in [0.5, 0.6) is 0 Å². The number of carboxylic acids is 1. The molecule has 0 bridgehead atoms. The van der Waals surface area contributed by atoms with Crippen LogP contribution in [0.2, 0.25) is 0 Å². The molecule has 0 atom stereocenters. The summed E-state index contributed by atoms with van der Waals surface area (Å²) < 4.78 is 0. The molecule has 0 aliphatic heterocycles. The first-order valence-corrected chi connectivity index (χ1v) is 6.73. The summed E-state index contributed by atoms with van der Waals surface area (Å²) in [4.78, 5) is 23.2. The van der Waals surface area contributed by atoms with Crippen LogP contribution in [-0.4, -0.2) is 29.2 Å². The second-order valence-electron chi connectivity index (χ2n) is 4.97. The molecule has 0 aromatic carbocycles. The maximum Gasteiger partial charge on any atom is 0.329 e. The van der Waals surface area contributed by atoms with E-state index in [9.17, 15) is 14.7 Å². The Morgan fingerprint density at radius 1 is 1.37 bits per heavy atom. The maximum absolute atomic E-state index is 11.7. The van der Waals surface area contributed by atoms with Crippen molar-refractivity contribution in [3.8, 4) is 11.8 Å². The summed E-state index contributed by atoms with van der Waals surface area (Å²) in [6.45, 7) is 4.03. The molecule has 0 heterocycles. The predicted molar refractivity (Wildman–Crippen MR) is 72.6 cm³/mol. The van der Waals surface area contributed by atoms with E-state index in [4.69, 9.17) is 0 Å². The summed E-state index contributed by atoms with van der Waals surface area (Å²) in [5.74, 6) is 5.00. The van der Waals surface area contributed by atoms with Crippen LogP contribution in [0, 0.1) is 17.8 Å². The van der Waals surface area contributed by atoms with Gasteiger partial charge in [0.05, 0.1) is 6.54 Å². The van der Waals surface area contributed by atoms with Gasteiger partial charge in [0.2, 0.25) is 0 Å². The first-order chi connectivity index (χ1) is 9.04. The Balaban J connectivity index is 2.60. The number of hydrogen-bond donors (Lipinski definition) is 3. The van der Waals surface area contributed by atoms with Crippen LogP contribution in [0.25, 0.3) is 0 Å². The van der Waals surface area contributed by atoms with Crippen molar-refractivity contribution >= 4 is 12.0 Å². The van der Waals surface area contributed by atoms with E-state index in [-0.39, 0.29) is 6.54 Å². The minimum absolute atomic E-state index is 0.232. The number of amides is 2. The van der Waals surface area contributed by atoms with Gasteiger partial charge in [0.25, 0.3) is 0 Å². The minimum atomic E-state index is -1.12. The Morgan fingerprint density at radius 3 is 2.47 bits per heavy atom. The van der Waals surface area contributed by atoms with Gasteiger partial charge in [-0.25, -0.2) is 9.59 Å². The molecule has 1 fully saturated rings. The molecule has 0 aromatic heterocycles. The van der Waals surface area contributed by atoms with Gasteiger partial charge in [0, 0.05) is 0 Å². The number of aliphatic carboxylic acids is 1. The van der Waals surface area contributed by atoms with Crippen molar-refractivity contribution in [2.24, 2.45) is 5.92 Å². The van der Waals surface area contributed by atoms with Gasteiger partial charge in [-0.2, -0.15) is 0 Å². The minimum Gasteiger partial charge on any atom is -0.480 e. The molecule has 1 saturated carbocycles. The van der Waals surface area contributed by atoms with Crippen LogP contribution >= 0.6 is 0 Å². The first-order valence-electron chi connectivity index (χ1n) is 6.73. The van der Waals surface area contributed by atoms with Gasteiger partial charge in [-0.1, -0.05) is 19.3 Å². The zero-order valence-corrected chi connectivity index (χ0v) is 11.6. The second kappa shape index (κ2) is 7.03. The van der Waals surface area contributed by atoms with E-state index in [1.165, 1.54) is 0 Å². The standard InChI is InChI=1S/C14H22N2O3/c1-3-5-10-15-13(19)16-14(12(17)18)8-6-11(4-2)7-9-14/h11H,4,6-10H2,1-2H3,(H,17,18)(H2,15,16,19). The van der Waals surface area contributed by atoms with E-state index in [1.807, 2.05) is 0 Å². The third kappa shape index (κ3) is 4.16. The monoisotopic (exact) mass is 266 g/mol. The van der Waals surface area contributed by atoms with Crippen molar-refractivity contribution < 1.29 is 14.7 Å². The molecular weight excluding hydrogens is 244 g/mol. The number of carboxylic acid groups (broad SMARTS) is 1. The summed E-state index contributed by atoms with van der Waals surface area (Å²) >= 11 is 0. The van der Waals surface area contributed by atoms with Crippen molar-refractivity contribution in [2.45, 2.75) is 51.5 Å². The molecule has 0 saturated heterocycles. The van der Waals surface area contributed by atoms with E-state index in [0.29, 0.717) is 18.8 Å². The summed E-state index contributed by atoms with van der Waals surface area (Å²) in [6, 6.07) is -0.458. The van der Waals surface area contributed by atoms with E-state index in [2.05, 4.69) is 29.4 Å². The average Bonchev–Trinajstić information content (AvgIpc) is 2.39. The molecule has 3 N–H and O–H groups in total. The Bertz CT molecular complexity index is 387. The van der Waals surface area contributed by atoms with Gasteiger partial charge >= 0.3 is 12.0 Å². The van der Waals surface area contributed by atoms with Gasteiger partial charge in [-0.05, 0) is 38.5 Å².